The Morgan fingerprint density at radius 3 is 2.74 bits per heavy atom. The Kier molecular flexibility index (Phi) is 6.51. The number of benzene rings is 1. The van der Waals surface area contributed by atoms with Gasteiger partial charge in [0, 0.05) is 43.5 Å². The number of nitrogens with zero attached hydrogens (tertiary/aromatic N) is 5. The Bertz CT molecular complexity index is 1340. The summed E-state index contributed by atoms with van der Waals surface area (Å²) >= 11 is 0. The second-order valence-corrected chi connectivity index (χ2v) is 10.7. The van der Waals surface area contributed by atoms with E-state index in [9.17, 15) is 23.1 Å². The lowest BCUT2D eigenvalue weighted by molar-refractivity contribution is 0.0855. The number of likely N-dealkylation sites (tertiary alicyclic amines) is 1. The van der Waals surface area contributed by atoms with E-state index in [1.807, 2.05) is 0 Å². The number of rotatable bonds is 7. The number of piperidine rings is 2. The van der Waals surface area contributed by atoms with Gasteiger partial charge in [0.2, 0.25) is 0 Å². The van der Waals surface area contributed by atoms with Crippen LogP contribution >= 0.6 is 0 Å². The number of carbonyl (C=O) groups excluding carboxylic acids is 1. The molecule has 8 nitrogen and oxygen atoms in total. The van der Waals surface area contributed by atoms with Gasteiger partial charge in [-0.1, -0.05) is 18.2 Å². The van der Waals surface area contributed by atoms with Gasteiger partial charge >= 0.3 is 0 Å². The summed E-state index contributed by atoms with van der Waals surface area (Å²) in [5.41, 5.74) is 1.06. The second-order valence-electron chi connectivity index (χ2n) is 10.7. The van der Waals surface area contributed by atoms with Crippen LogP contribution in [0.25, 0.3) is 5.65 Å². The van der Waals surface area contributed by atoms with Crippen LogP contribution in [0.15, 0.2) is 36.8 Å². The molecular formula is C27H31F3N6O2. The van der Waals surface area contributed by atoms with Crippen molar-refractivity contribution in [3.05, 3.63) is 59.3 Å². The van der Waals surface area contributed by atoms with Gasteiger partial charge in [0.15, 0.2) is 5.65 Å². The maximum Gasteiger partial charge on any atom is 0.266 e. The van der Waals surface area contributed by atoms with Crippen molar-refractivity contribution in [2.24, 2.45) is 11.8 Å². The van der Waals surface area contributed by atoms with Gasteiger partial charge in [0.25, 0.3) is 12.3 Å². The summed E-state index contributed by atoms with van der Waals surface area (Å²) < 4.78 is 42.5. The van der Waals surface area contributed by atoms with Crippen molar-refractivity contribution in [3.8, 4) is 0 Å². The largest absolute Gasteiger partial charge is 0.395 e. The van der Waals surface area contributed by atoms with Gasteiger partial charge in [-0.15, -0.1) is 0 Å². The molecule has 38 heavy (non-hydrogen) atoms. The number of fused-ring (bicyclic) bond motifs is 2. The standard InChI is InChI=1S/C27H31F3N6O2/c1-15(19-3-2-4-20(24(19)28)25(29)30)33-27(38)17-10-22(26-31-14-32-36(26)12-17)34-7-5-18(6-8-34)35-11-16-9-21(16)23(35)13-37/h2-4,10,12,14-16,18,21,23,25,37H,5-9,11,13H2,1H3,(H,33,38)/t15-,16?,21?,23-/m1/s1. The van der Waals surface area contributed by atoms with Crippen molar-refractivity contribution in [2.75, 3.05) is 31.1 Å². The summed E-state index contributed by atoms with van der Waals surface area (Å²) in [5.74, 6) is -0.0819. The number of aliphatic hydroxyl groups is 1. The molecule has 3 aliphatic rings. The molecule has 1 aromatic carbocycles. The molecule has 4 atom stereocenters. The van der Waals surface area contributed by atoms with Gasteiger partial charge in [0.1, 0.15) is 12.1 Å². The lowest BCUT2D eigenvalue weighted by Crippen LogP contribution is -2.49. The number of aliphatic hydroxyl groups excluding tert-OH is 1. The number of carbonyl (C=O) groups is 1. The highest BCUT2D eigenvalue weighted by Crippen LogP contribution is 2.50. The van der Waals surface area contributed by atoms with Gasteiger partial charge < -0.3 is 15.3 Å². The zero-order valence-corrected chi connectivity index (χ0v) is 21.1. The Balaban J connectivity index is 1.19. The molecule has 3 aromatic rings. The smallest absolute Gasteiger partial charge is 0.266 e. The summed E-state index contributed by atoms with van der Waals surface area (Å²) in [5, 5.41) is 16.9. The minimum Gasteiger partial charge on any atom is -0.395 e. The van der Waals surface area contributed by atoms with Gasteiger partial charge in [-0.25, -0.2) is 22.7 Å². The molecule has 2 N–H and O–H groups in total. The zero-order valence-electron chi connectivity index (χ0n) is 21.1. The van der Waals surface area contributed by atoms with E-state index in [2.05, 4.69) is 25.2 Å². The lowest BCUT2D eigenvalue weighted by atomic mass is 10.0. The second kappa shape index (κ2) is 9.85. The Morgan fingerprint density at radius 2 is 2.00 bits per heavy atom. The maximum atomic E-state index is 14.6. The molecular weight excluding hydrogens is 497 g/mol. The van der Waals surface area contributed by atoms with E-state index in [0.717, 1.165) is 50.1 Å². The number of amides is 1. The number of hydrogen-bond acceptors (Lipinski definition) is 6. The van der Waals surface area contributed by atoms with Crippen molar-refractivity contribution < 1.29 is 23.1 Å². The van der Waals surface area contributed by atoms with Crippen molar-refractivity contribution >= 4 is 17.2 Å². The van der Waals surface area contributed by atoms with Crippen LogP contribution in [0, 0.1) is 17.7 Å². The van der Waals surface area contributed by atoms with Crippen LogP contribution in [0.2, 0.25) is 0 Å². The summed E-state index contributed by atoms with van der Waals surface area (Å²) in [6, 6.07) is 5.45. The molecule has 1 amide bonds. The Labute approximate surface area is 218 Å². The molecule has 2 unspecified atom stereocenters. The monoisotopic (exact) mass is 528 g/mol. The van der Waals surface area contributed by atoms with Gasteiger partial charge in [0.05, 0.1) is 29.5 Å². The zero-order chi connectivity index (χ0) is 26.6. The Morgan fingerprint density at radius 1 is 1.24 bits per heavy atom. The number of hydrogen-bond donors (Lipinski definition) is 2. The fraction of sp³-hybridized carbons (Fsp3) is 0.519. The molecule has 0 radical (unpaired) electrons. The van der Waals surface area contributed by atoms with Crippen LogP contribution < -0.4 is 10.2 Å². The number of halogens is 3. The van der Waals surface area contributed by atoms with E-state index >= 15 is 0 Å². The minimum atomic E-state index is -2.94. The van der Waals surface area contributed by atoms with Crippen LogP contribution in [0.1, 0.15) is 60.1 Å². The third-order valence-electron chi connectivity index (χ3n) is 8.53. The average Bonchev–Trinajstić information content (AvgIpc) is 3.34. The molecule has 2 aliphatic heterocycles. The molecule has 6 rings (SSSR count). The molecule has 202 valence electrons. The molecule has 1 saturated carbocycles. The predicted octanol–water partition coefficient (Wildman–Crippen LogP) is 3.58. The third kappa shape index (κ3) is 4.41. The van der Waals surface area contributed by atoms with E-state index in [1.165, 1.54) is 24.9 Å². The van der Waals surface area contributed by atoms with E-state index in [-0.39, 0.29) is 18.2 Å². The lowest BCUT2D eigenvalue weighted by Gasteiger charge is -2.41. The van der Waals surface area contributed by atoms with Gasteiger partial charge in [-0.2, -0.15) is 5.10 Å². The van der Waals surface area contributed by atoms with Gasteiger partial charge in [-0.3, -0.25) is 9.69 Å². The number of aromatic nitrogens is 3. The molecule has 0 bridgehead atoms. The first-order valence-corrected chi connectivity index (χ1v) is 13.2. The first-order valence-electron chi connectivity index (χ1n) is 13.2. The summed E-state index contributed by atoms with van der Waals surface area (Å²) in [7, 11) is 0. The maximum absolute atomic E-state index is 14.6. The van der Waals surface area contributed by atoms with Gasteiger partial charge in [-0.05, 0) is 44.1 Å². The average molecular weight is 529 g/mol. The highest BCUT2D eigenvalue weighted by molar-refractivity contribution is 5.96. The first-order chi connectivity index (χ1) is 18.4. The number of nitrogens with one attached hydrogen (secondary N) is 1. The van der Waals surface area contributed by atoms with Crippen molar-refractivity contribution in [3.63, 3.8) is 0 Å². The summed E-state index contributed by atoms with van der Waals surface area (Å²) in [6.45, 7) is 4.42. The van der Waals surface area contributed by atoms with E-state index in [1.54, 1.807) is 23.7 Å². The van der Waals surface area contributed by atoms with Crippen molar-refractivity contribution in [1.82, 2.24) is 24.8 Å². The molecule has 1 aliphatic carbocycles. The molecule has 3 fully saturated rings. The van der Waals surface area contributed by atoms with E-state index < -0.39 is 29.8 Å². The minimum absolute atomic E-state index is 0.000938. The number of alkyl halides is 2. The van der Waals surface area contributed by atoms with Crippen LogP contribution in [-0.4, -0.2) is 68.8 Å². The molecule has 2 aromatic heterocycles. The normalized spacial score (nSPS) is 24.7. The van der Waals surface area contributed by atoms with Crippen LogP contribution in [0.5, 0.6) is 0 Å². The Hall–Kier alpha value is -3.18. The SMILES string of the molecule is C[C@@H](NC(=O)c1cc(N2CCC(N3CC4CC4[C@H]3CO)CC2)c2ncnn2c1)c1cccc(C(F)F)c1F. The van der Waals surface area contributed by atoms with Crippen LogP contribution in [-0.2, 0) is 0 Å². The van der Waals surface area contributed by atoms with Crippen molar-refractivity contribution in [1.29, 1.82) is 0 Å². The van der Waals surface area contributed by atoms with E-state index in [4.69, 9.17) is 0 Å². The highest BCUT2D eigenvalue weighted by atomic mass is 19.3. The quantitative estimate of drug-likeness (QED) is 0.488. The topological polar surface area (TPSA) is 86.0 Å². The number of pyridine rings is 1. The molecule has 11 heteroatoms. The molecule has 4 heterocycles. The fourth-order valence-electron chi connectivity index (χ4n) is 6.40. The third-order valence-corrected chi connectivity index (χ3v) is 8.53. The number of anilines is 1. The summed E-state index contributed by atoms with van der Waals surface area (Å²) in [6.07, 6.45) is 3.19. The van der Waals surface area contributed by atoms with Crippen molar-refractivity contribution in [2.45, 2.75) is 50.7 Å². The van der Waals surface area contributed by atoms with Crippen LogP contribution in [0.4, 0.5) is 18.9 Å². The molecule has 2 saturated heterocycles. The fourth-order valence-corrected chi connectivity index (χ4v) is 6.40. The predicted molar refractivity (Wildman–Crippen MR) is 135 cm³/mol. The highest BCUT2D eigenvalue weighted by Gasteiger charge is 2.53. The molecule has 0 spiro atoms. The van der Waals surface area contributed by atoms with Crippen LogP contribution in [0.3, 0.4) is 0 Å². The summed E-state index contributed by atoms with van der Waals surface area (Å²) in [4.78, 5) is 22.3. The van der Waals surface area contributed by atoms with E-state index in [0.29, 0.717) is 23.2 Å². The first kappa shape index (κ1) is 25.1.